The monoisotopic (exact) mass is 517 g/mol. The minimum Gasteiger partial charge on any atom is -0.489 e. The first-order chi connectivity index (χ1) is 17.2. The van der Waals surface area contributed by atoms with Crippen molar-refractivity contribution in [2.75, 3.05) is 32.8 Å². The Kier molecular flexibility index (Phi) is 7.63. The van der Waals surface area contributed by atoms with E-state index in [4.69, 9.17) is 26.8 Å². The lowest BCUT2D eigenvalue weighted by atomic mass is 10.1. The maximum absolute atomic E-state index is 14.1. The predicted molar refractivity (Wildman–Crippen MR) is 132 cm³/mol. The van der Waals surface area contributed by atoms with Crippen LogP contribution in [-0.4, -0.2) is 70.7 Å². The van der Waals surface area contributed by atoms with Gasteiger partial charge in [-0.3, -0.25) is 4.79 Å². The van der Waals surface area contributed by atoms with Crippen molar-refractivity contribution in [3.8, 4) is 5.75 Å². The summed E-state index contributed by atoms with van der Waals surface area (Å²) in [5.41, 5.74) is 8.91. The van der Waals surface area contributed by atoms with Gasteiger partial charge in [-0.25, -0.2) is 19.2 Å². The van der Waals surface area contributed by atoms with Gasteiger partial charge in [0.1, 0.15) is 17.7 Å². The zero-order valence-electron chi connectivity index (χ0n) is 20.5. The van der Waals surface area contributed by atoms with E-state index in [0.29, 0.717) is 66.0 Å². The molecule has 192 valence electrons. The molecule has 0 spiro atoms. The number of nitrogens with zero attached hydrogens (tertiary/aromatic N) is 4. The van der Waals surface area contributed by atoms with Gasteiger partial charge in [-0.15, -0.1) is 0 Å². The molecule has 11 heteroatoms. The highest BCUT2D eigenvalue weighted by atomic mass is 35.5. The van der Waals surface area contributed by atoms with Crippen LogP contribution in [0.5, 0.6) is 5.75 Å². The van der Waals surface area contributed by atoms with Gasteiger partial charge < -0.3 is 25.0 Å². The zero-order chi connectivity index (χ0) is 26.0. The maximum Gasteiger partial charge on any atom is 0.409 e. The van der Waals surface area contributed by atoms with Crippen LogP contribution in [0.3, 0.4) is 0 Å². The third-order valence-electron chi connectivity index (χ3n) is 6.27. The standard InChI is InChI=1S/C25H29ClFN5O4/c1-4-35-25(34)31-9-7-17(8-10-31)36-21-11-16(27)5-6-18(21)24(33)32-12-19(20(28)13-32)23-29-14(2)22(26)15(3)30-23/h5-6,11,17H,4,7-10,12-13,28H2,1-3H3. The van der Waals surface area contributed by atoms with E-state index >= 15 is 0 Å². The van der Waals surface area contributed by atoms with Gasteiger partial charge in [0, 0.05) is 43.3 Å². The SMILES string of the molecule is CCOC(=O)N1CCC(Oc2cc(F)ccc2C(=O)N2CC(N)=C(c3nc(C)c(Cl)c(C)n3)C2)CC1. The number of halogens is 2. The molecule has 0 atom stereocenters. The fourth-order valence-corrected chi connectivity index (χ4v) is 4.42. The Morgan fingerprint density at radius 1 is 1.14 bits per heavy atom. The van der Waals surface area contributed by atoms with Crippen LogP contribution >= 0.6 is 11.6 Å². The number of benzene rings is 1. The zero-order valence-corrected chi connectivity index (χ0v) is 21.3. The normalized spacial score (nSPS) is 16.5. The van der Waals surface area contributed by atoms with Crippen LogP contribution in [0.25, 0.3) is 5.57 Å². The Balaban J connectivity index is 1.47. The summed E-state index contributed by atoms with van der Waals surface area (Å²) in [4.78, 5) is 37.4. The van der Waals surface area contributed by atoms with Crippen molar-refractivity contribution in [3.63, 3.8) is 0 Å². The van der Waals surface area contributed by atoms with Gasteiger partial charge in [0.2, 0.25) is 0 Å². The number of piperidine rings is 1. The van der Waals surface area contributed by atoms with Crippen LogP contribution in [0, 0.1) is 19.7 Å². The van der Waals surface area contributed by atoms with Crippen molar-refractivity contribution in [2.24, 2.45) is 5.73 Å². The average Bonchev–Trinajstić information content (AvgIpc) is 3.24. The Morgan fingerprint density at radius 2 is 1.81 bits per heavy atom. The summed E-state index contributed by atoms with van der Waals surface area (Å²) in [5.74, 6) is -0.248. The molecule has 9 nitrogen and oxygen atoms in total. The van der Waals surface area contributed by atoms with Crippen LogP contribution in [0.2, 0.25) is 5.02 Å². The number of likely N-dealkylation sites (tertiary alicyclic amines) is 1. The predicted octanol–water partition coefficient (Wildman–Crippen LogP) is 3.71. The summed E-state index contributed by atoms with van der Waals surface area (Å²) in [6, 6.07) is 3.86. The number of rotatable bonds is 5. The minimum absolute atomic E-state index is 0.163. The van der Waals surface area contributed by atoms with Crippen molar-refractivity contribution in [3.05, 3.63) is 57.5 Å². The second kappa shape index (κ2) is 10.7. The number of carbonyl (C=O) groups excluding carboxylic acids is 2. The lowest BCUT2D eigenvalue weighted by molar-refractivity contribution is 0.0685. The van der Waals surface area contributed by atoms with Crippen molar-refractivity contribution in [1.82, 2.24) is 19.8 Å². The first-order valence-electron chi connectivity index (χ1n) is 11.8. The van der Waals surface area contributed by atoms with E-state index in [1.54, 1.807) is 30.6 Å². The summed E-state index contributed by atoms with van der Waals surface area (Å²) in [6.07, 6.45) is 0.452. The number of hydrogen-bond donors (Lipinski definition) is 1. The highest BCUT2D eigenvalue weighted by molar-refractivity contribution is 6.31. The Bertz CT molecular complexity index is 1190. The van der Waals surface area contributed by atoms with E-state index in [0.717, 1.165) is 0 Å². The molecule has 1 aromatic heterocycles. The summed E-state index contributed by atoms with van der Waals surface area (Å²) >= 11 is 6.19. The first-order valence-corrected chi connectivity index (χ1v) is 12.2. The number of aryl methyl sites for hydroxylation is 2. The molecule has 1 saturated heterocycles. The third-order valence-corrected chi connectivity index (χ3v) is 6.82. The molecule has 0 bridgehead atoms. The lowest BCUT2D eigenvalue weighted by Crippen LogP contribution is -2.42. The molecule has 1 aromatic carbocycles. The molecular weight excluding hydrogens is 489 g/mol. The molecule has 2 aromatic rings. The summed E-state index contributed by atoms with van der Waals surface area (Å²) in [6.45, 7) is 6.95. The van der Waals surface area contributed by atoms with Gasteiger partial charge in [-0.05, 0) is 32.9 Å². The van der Waals surface area contributed by atoms with Crippen LogP contribution in [-0.2, 0) is 4.74 Å². The van der Waals surface area contributed by atoms with Crippen LogP contribution in [0.1, 0.15) is 47.3 Å². The number of amides is 2. The van der Waals surface area contributed by atoms with E-state index in [9.17, 15) is 14.0 Å². The fraction of sp³-hybridized carbons (Fsp3) is 0.440. The molecule has 0 unspecified atom stereocenters. The van der Waals surface area contributed by atoms with Crippen molar-refractivity contribution in [2.45, 2.75) is 39.7 Å². The van der Waals surface area contributed by atoms with Crippen LogP contribution in [0.4, 0.5) is 9.18 Å². The van der Waals surface area contributed by atoms with E-state index in [1.165, 1.54) is 18.2 Å². The van der Waals surface area contributed by atoms with Gasteiger partial charge in [-0.1, -0.05) is 11.6 Å². The van der Waals surface area contributed by atoms with Gasteiger partial charge in [0.05, 0.1) is 41.7 Å². The first kappa shape index (κ1) is 25.7. The molecular formula is C25H29ClFN5O4. The molecule has 0 radical (unpaired) electrons. The molecule has 4 rings (SSSR count). The third kappa shape index (κ3) is 5.38. The highest BCUT2D eigenvalue weighted by Gasteiger charge is 2.31. The quantitative estimate of drug-likeness (QED) is 0.643. The number of hydrogen-bond acceptors (Lipinski definition) is 7. The minimum atomic E-state index is -0.509. The largest absolute Gasteiger partial charge is 0.489 e. The van der Waals surface area contributed by atoms with E-state index < -0.39 is 5.82 Å². The maximum atomic E-state index is 14.1. The molecule has 2 aliphatic heterocycles. The van der Waals surface area contributed by atoms with Crippen molar-refractivity contribution < 1.29 is 23.5 Å². The molecule has 0 saturated carbocycles. The lowest BCUT2D eigenvalue weighted by Gasteiger charge is -2.32. The molecule has 0 aliphatic carbocycles. The number of nitrogens with two attached hydrogens (primary N) is 1. The summed E-state index contributed by atoms with van der Waals surface area (Å²) in [7, 11) is 0. The van der Waals surface area contributed by atoms with E-state index in [-0.39, 0.29) is 42.5 Å². The molecule has 3 heterocycles. The Morgan fingerprint density at radius 3 is 2.44 bits per heavy atom. The Labute approximate surface area is 214 Å². The second-order valence-electron chi connectivity index (χ2n) is 8.84. The topological polar surface area (TPSA) is 111 Å². The second-order valence-corrected chi connectivity index (χ2v) is 9.22. The Hall–Kier alpha value is -3.40. The molecule has 2 aliphatic rings. The van der Waals surface area contributed by atoms with Crippen LogP contribution in [0.15, 0.2) is 23.9 Å². The number of ether oxygens (including phenoxy) is 2. The summed E-state index contributed by atoms with van der Waals surface area (Å²) in [5, 5.41) is 0.491. The van der Waals surface area contributed by atoms with Crippen molar-refractivity contribution >= 4 is 29.2 Å². The molecule has 2 N–H and O–H groups in total. The molecule has 2 amide bonds. The van der Waals surface area contributed by atoms with Crippen LogP contribution < -0.4 is 10.5 Å². The van der Waals surface area contributed by atoms with Gasteiger partial charge in [-0.2, -0.15) is 0 Å². The van der Waals surface area contributed by atoms with Gasteiger partial charge in [0.15, 0.2) is 5.82 Å². The van der Waals surface area contributed by atoms with E-state index in [1.807, 2.05) is 0 Å². The van der Waals surface area contributed by atoms with E-state index in [2.05, 4.69) is 9.97 Å². The molecule has 36 heavy (non-hydrogen) atoms. The highest BCUT2D eigenvalue weighted by Crippen LogP contribution is 2.30. The smallest absolute Gasteiger partial charge is 0.409 e. The number of aromatic nitrogens is 2. The average molecular weight is 518 g/mol. The van der Waals surface area contributed by atoms with Gasteiger partial charge >= 0.3 is 6.09 Å². The van der Waals surface area contributed by atoms with Gasteiger partial charge in [0.25, 0.3) is 5.91 Å². The summed E-state index contributed by atoms with van der Waals surface area (Å²) < 4.78 is 25.2. The van der Waals surface area contributed by atoms with Crippen molar-refractivity contribution in [1.29, 1.82) is 0 Å². The molecule has 1 fully saturated rings. The number of carbonyl (C=O) groups is 2. The fourth-order valence-electron chi connectivity index (χ4n) is 4.34.